The summed E-state index contributed by atoms with van der Waals surface area (Å²) in [5.74, 6) is 0. The first-order valence-corrected chi connectivity index (χ1v) is 4.19. The van der Waals surface area contributed by atoms with E-state index in [-0.39, 0.29) is 33.4 Å². The standard InChI is InChI=1S/Cd.H3N.2H2O4S/c;;2*1-5(2,3)4/h;1H3;2*(H2,1,2,3,4). The SMILES string of the molecule is N.O=S(=O)(O)O.O=S(=O)(O)O.[Cd]. The maximum atomic E-state index is 8.74. The summed E-state index contributed by atoms with van der Waals surface area (Å²) < 4.78 is 63.2. The summed E-state index contributed by atoms with van der Waals surface area (Å²) in [7, 11) is -9.33. The van der Waals surface area contributed by atoms with Crippen LogP contribution in [0.1, 0.15) is 0 Å². The van der Waals surface area contributed by atoms with Crippen LogP contribution in [0.25, 0.3) is 0 Å². The molecule has 12 heteroatoms. The van der Waals surface area contributed by atoms with Crippen LogP contribution in [0.3, 0.4) is 0 Å². The van der Waals surface area contributed by atoms with Gasteiger partial charge in [0.2, 0.25) is 0 Å². The van der Waals surface area contributed by atoms with E-state index in [0.717, 1.165) is 0 Å². The zero-order valence-electron chi connectivity index (χ0n) is 5.65. The number of hydrogen-bond donors (Lipinski definition) is 5. The van der Waals surface area contributed by atoms with Gasteiger partial charge >= 0.3 is 20.8 Å². The Bertz CT molecular complexity index is 213. The van der Waals surface area contributed by atoms with Gasteiger partial charge in [0.1, 0.15) is 0 Å². The molecule has 0 spiro atoms. The average molecular weight is 326 g/mol. The smallest absolute Gasteiger partial charge is 0.344 e. The van der Waals surface area contributed by atoms with E-state index in [2.05, 4.69) is 0 Å². The Labute approximate surface area is 89.1 Å². The van der Waals surface area contributed by atoms with Gasteiger partial charge < -0.3 is 6.15 Å². The van der Waals surface area contributed by atoms with Crippen LogP contribution in [-0.2, 0) is 48.1 Å². The molecule has 0 fully saturated rings. The monoisotopic (exact) mass is 327 g/mol. The van der Waals surface area contributed by atoms with Crippen molar-refractivity contribution in [2.75, 3.05) is 0 Å². The molecule has 0 heterocycles. The molecule has 0 aliphatic carbocycles. The molecule has 0 atom stereocenters. The molecule has 7 N–H and O–H groups in total. The van der Waals surface area contributed by atoms with Crippen LogP contribution >= 0.6 is 0 Å². The zero-order chi connectivity index (χ0) is 9.00. The topological polar surface area (TPSA) is 184 Å². The predicted molar refractivity (Wildman–Crippen MR) is 33.4 cm³/mol. The molecule has 0 saturated heterocycles. The van der Waals surface area contributed by atoms with Gasteiger partial charge in [0, 0.05) is 27.3 Å². The summed E-state index contributed by atoms with van der Waals surface area (Å²) in [6.45, 7) is 0. The minimum atomic E-state index is -4.67. The normalized spacial score (nSPS) is 9.67. The second-order valence-electron chi connectivity index (χ2n) is 0.896. The molecule has 0 rings (SSSR count). The molecule has 0 unspecified atom stereocenters. The summed E-state index contributed by atoms with van der Waals surface area (Å²) >= 11 is 0. The van der Waals surface area contributed by atoms with Crippen molar-refractivity contribution in [2.24, 2.45) is 0 Å². The second kappa shape index (κ2) is 8.23. The van der Waals surface area contributed by atoms with E-state index in [1.165, 1.54) is 0 Å². The molecular formula is H7CdNO8S2. The van der Waals surface area contributed by atoms with Gasteiger partial charge in [-0.25, -0.2) is 0 Å². The summed E-state index contributed by atoms with van der Waals surface area (Å²) in [5.41, 5.74) is 0. The van der Waals surface area contributed by atoms with E-state index < -0.39 is 20.8 Å². The van der Waals surface area contributed by atoms with Crippen molar-refractivity contribution in [1.29, 1.82) is 0 Å². The van der Waals surface area contributed by atoms with E-state index in [0.29, 0.717) is 0 Å². The van der Waals surface area contributed by atoms with Gasteiger partial charge in [0.05, 0.1) is 0 Å². The molecule has 74 valence electrons. The van der Waals surface area contributed by atoms with E-state index >= 15 is 0 Å². The van der Waals surface area contributed by atoms with Crippen LogP contribution in [0.2, 0.25) is 0 Å². The maximum Gasteiger partial charge on any atom is 0.394 e. The van der Waals surface area contributed by atoms with Crippen LogP contribution < -0.4 is 6.15 Å². The summed E-state index contributed by atoms with van der Waals surface area (Å²) in [4.78, 5) is 0. The third-order valence-corrected chi connectivity index (χ3v) is 0. The van der Waals surface area contributed by atoms with Crippen molar-refractivity contribution in [3.05, 3.63) is 0 Å². The Hall–Kier alpha value is 0.622. The van der Waals surface area contributed by atoms with Crippen molar-refractivity contribution in [1.82, 2.24) is 6.15 Å². The van der Waals surface area contributed by atoms with E-state index in [4.69, 9.17) is 35.0 Å². The minimum Gasteiger partial charge on any atom is -0.344 e. The fourth-order valence-electron chi connectivity index (χ4n) is 0. The van der Waals surface area contributed by atoms with Crippen molar-refractivity contribution < 1.29 is 62.3 Å². The van der Waals surface area contributed by atoms with E-state index in [1.54, 1.807) is 0 Å². The zero-order valence-corrected chi connectivity index (χ0v) is 11.3. The van der Waals surface area contributed by atoms with E-state index in [9.17, 15) is 0 Å². The molecule has 0 amide bonds. The molecule has 0 aromatic heterocycles. The molecule has 0 aliphatic rings. The van der Waals surface area contributed by atoms with Crippen molar-refractivity contribution in [2.45, 2.75) is 0 Å². The largest absolute Gasteiger partial charge is 0.394 e. The van der Waals surface area contributed by atoms with Crippen molar-refractivity contribution in [3.63, 3.8) is 0 Å². The first-order valence-electron chi connectivity index (χ1n) is 1.40. The molecule has 0 aromatic rings. The van der Waals surface area contributed by atoms with Gasteiger partial charge in [-0.15, -0.1) is 0 Å². The van der Waals surface area contributed by atoms with Gasteiger partial charge in [-0.3, -0.25) is 18.2 Å². The molecular weight excluding hydrogens is 319 g/mol. The summed E-state index contributed by atoms with van der Waals surface area (Å²) in [5, 5.41) is 0. The van der Waals surface area contributed by atoms with Gasteiger partial charge in [0.25, 0.3) is 0 Å². The molecule has 0 radical (unpaired) electrons. The van der Waals surface area contributed by atoms with Crippen LogP contribution in [0, 0.1) is 0 Å². The molecule has 12 heavy (non-hydrogen) atoms. The Morgan fingerprint density at radius 3 is 0.667 bits per heavy atom. The Morgan fingerprint density at radius 2 is 0.667 bits per heavy atom. The van der Waals surface area contributed by atoms with Crippen LogP contribution in [0.5, 0.6) is 0 Å². The average Bonchev–Trinajstić information content (AvgIpc) is 1.12. The summed E-state index contributed by atoms with van der Waals surface area (Å²) in [6.07, 6.45) is 0. The fraction of sp³-hybridized carbons (Fsp3) is 0. The molecule has 0 aliphatic heterocycles. The Balaban J connectivity index is -0.0000000457. The third kappa shape index (κ3) is 2540. The Kier molecular flexibility index (Phi) is 15.7. The van der Waals surface area contributed by atoms with Crippen molar-refractivity contribution >= 4 is 20.8 Å². The predicted octanol–water partition coefficient (Wildman–Crippen LogP) is -1.15. The van der Waals surface area contributed by atoms with Gasteiger partial charge in [0.15, 0.2) is 0 Å². The summed E-state index contributed by atoms with van der Waals surface area (Å²) in [6, 6.07) is 0. The van der Waals surface area contributed by atoms with E-state index in [1.807, 2.05) is 0 Å². The molecule has 9 nitrogen and oxygen atoms in total. The first kappa shape index (κ1) is 22.9. The molecule has 0 saturated carbocycles. The number of rotatable bonds is 0. The van der Waals surface area contributed by atoms with Crippen molar-refractivity contribution in [3.8, 4) is 0 Å². The third-order valence-electron chi connectivity index (χ3n) is 0. The molecule has 0 aromatic carbocycles. The molecule has 0 bridgehead atoms. The van der Waals surface area contributed by atoms with Gasteiger partial charge in [-0.2, -0.15) is 16.8 Å². The van der Waals surface area contributed by atoms with Crippen LogP contribution in [0.4, 0.5) is 0 Å². The van der Waals surface area contributed by atoms with Gasteiger partial charge in [-0.1, -0.05) is 0 Å². The van der Waals surface area contributed by atoms with Crippen LogP contribution in [-0.4, -0.2) is 35.0 Å². The second-order valence-corrected chi connectivity index (χ2v) is 2.69. The first-order chi connectivity index (χ1) is 4.00. The minimum absolute atomic E-state index is 0. The van der Waals surface area contributed by atoms with Crippen LogP contribution in [0.15, 0.2) is 0 Å². The Morgan fingerprint density at radius 1 is 0.667 bits per heavy atom. The quantitative estimate of drug-likeness (QED) is 0.271. The number of hydrogen-bond acceptors (Lipinski definition) is 5. The maximum absolute atomic E-state index is 8.74. The van der Waals surface area contributed by atoms with Gasteiger partial charge in [-0.05, 0) is 0 Å². The fourth-order valence-corrected chi connectivity index (χ4v) is 0.